The maximum atomic E-state index is 14.0. The smallest absolute Gasteiger partial charge is 0.257 e. The summed E-state index contributed by atoms with van der Waals surface area (Å²) in [4.78, 5) is 37.8. The number of ether oxygens (including phenoxy) is 1. The summed E-state index contributed by atoms with van der Waals surface area (Å²) in [6.07, 6.45) is 0. The van der Waals surface area contributed by atoms with Crippen LogP contribution in [0, 0.1) is 17.6 Å². The number of carbonyl (C=O) groups excluding carboxylic acids is 3. The van der Waals surface area contributed by atoms with Crippen LogP contribution in [0.5, 0.6) is 5.75 Å². The molecule has 36 heavy (non-hydrogen) atoms. The predicted octanol–water partition coefficient (Wildman–Crippen LogP) is 5.01. The van der Waals surface area contributed by atoms with E-state index in [1.54, 1.807) is 50.2 Å². The number of amides is 3. The van der Waals surface area contributed by atoms with Crippen molar-refractivity contribution in [2.24, 2.45) is 5.92 Å². The molecule has 0 saturated heterocycles. The van der Waals surface area contributed by atoms with Crippen molar-refractivity contribution in [3.63, 3.8) is 0 Å². The SMILES string of the molecule is CCOc1ccc(NC(=O)c2ccc(NC(=O)C(NC(=O)c3c(F)cccc3F)C(C)C)cc2)cc1. The fourth-order valence-corrected chi connectivity index (χ4v) is 3.39. The van der Waals surface area contributed by atoms with E-state index < -0.39 is 35.1 Å². The molecule has 0 aliphatic carbocycles. The molecule has 1 atom stereocenters. The molecule has 9 heteroatoms. The average molecular weight is 496 g/mol. The lowest BCUT2D eigenvalue weighted by Crippen LogP contribution is -2.47. The summed E-state index contributed by atoms with van der Waals surface area (Å²) in [6, 6.07) is 15.2. The molecule has 3 N–H and O–H groups in total. The molecule has 3 aromatic rings. The molecule has 0 aromatic heterocycles. The van der Waals surface area contributed by atoms with Crippen LogP contribution in [0.3, 0.4) is 0 Å². The summed E-state index contributed by atoms with van der Waals surface area (Å²) < 4.78 is 33.3. The molecule has 0 bridgehead atoms. The largest absolute Gasteiger partial charge is 0.494 e. The van der Waals surface area contributed by atoms with Gasteiger partial charge in [0.25, 0.3) is 11.8 Å². The summed E-state index contributed by atoms with van der Waals surface area (Å²) in [5.41, 5.74) is 0.599. The lowest BCUT2D eigenvalue weighted by Gasteiger charge is -2.22. The van der Waals surface area contributed by atoms with Crippen molar-refractivity contribution >= 4 is 29.1 Å². The van der Waals surface area contributed by atoms with Crippen molar-refractivity contribution in [2.45, 2.75) is 26.8 Å². The molecule has 3 rings (SSSR count). The molecule has 3 amide bonds. The van der Waals surface area contributed by atoms with E-state index in [9.17, 15) is 23.2 Å². The van der Waals surface area contributed by atoms with Crippen LogP contribution in [0.25, 0.3) is 0 Å². The Kier molecular flexibility index (Phi) is 8.72. The Labute approximate surface area is 207 Å². The second kappa shape index (κ2) is 11.9. The van der Waals surface area contributed by atoms with Crippen LogP contribution in [0.1, 0.15) is 41.5 Å². The van der Waals surface area contributed by atoms with E-state index in [-0.39, 0.29) is 11.8 Å². The number of carbonyl (C=O) groups is 3. The van der Waals surface area contributed by atoms with Crippen LogP contribution in [0.4, 0.5) is 20.2 Å². The average Bonchev–Trinajstić information content (AvgIpc) is 2.84. The van der Waals surface area contributed by atoms with Crippen molar-refractivity contribution in [1.29, 1.82) is 0 Å². The molecule has 7 nitrogen and oxygen atoms in total. The van der Waals surface area contributed by atoms with E-state index in [0.29, 0.717) is 29.3 Å². The Hall–Kier alpha value is -4.27. The van der Waals surface area contributed by atoms with Crippen LogP contribution in [0.2, 0.25) is 0 Å². The topological polar surface area (TPSA) is 96.5 Å². The highest BCUT2D eigenvalue weighted by Crippen LogP contribution is 2.18. The molecule has 0 aliphatic rings. The second-order valence-electron chi connectivity index (χ2n) is 8.27. The van der Waals surface area contributed by atoms with Gasteiger partial charge >= 0.3 is 0 Å². The first-order chi connectivity index (χ1) is 17.2. The maximum Gasteiger partial charge on any atom is 0.257 e. The van der Waals surface area contributed by atoms with E-state index in [2.05, 4.69) is 16.0 Å². The van der Waals surface area contributed by atoms with Gasteiger partial charge < -0.3 is 20.7 Å². The zero-order chi connectivity index (χ0) is 26.2. The molecule has 0 radical (unpaired) electrons. The van der Waals surface area contributed by atoms with Crippen molar-refractivity contribution in [2.75, 3.05) is 17.2 Å². The highest BCUT2D eigenvalue weighted by molar-refractivity contribution is 6.05. The highest BCUT2D eigenvalue weighted by atomic mass is 19.1. The second-order valence-corrected chi connectivity index (χ2v) is 8.27. The van der Waals surface area contributed by atoms with Gasteiger partial charge in [0.2, 0.25) is 5.91 Å². The molecule has 0 fully saturated rings. The summed E-state index contributed by atoms with van der Waals surface area (Å²) in [5, 5.41) is 7.83. The molecule has 3 aromatic carbocycles. The molecule has 0 aliphatic heterocycles. The van der Waals surface area contributed by atoms with Gasteiger partial charge in [0.1, 0.15) is 29.0 Å². The third-order valence-electron chi connectivity index (χ3n) is 5.26. The lowest BCUT2D eigenvalue weighted by molar-refractivity contribution is -0.118. The Balaban J connectivity index is 1.63. The third-order valence-corrected chi connectivity index (χ3v) is 5.26. The molecule has 0 saturated carbocycles. The Morgan fingerprint density at radius 2 is 1.36 bits per heavy atom. The van der Waals surface area contributed by atoms with Gasteiger partial charge in [-0.15, -0.1) is 0 Å². The first kappa shape index (κ1) is 26.3. The predicted molar refractivity (Wildman–Crippen MR) is 133 cm³/mol. The lowest BCUT2D eigenvalue weighted by atomic mass is 10.0. The minimum Gasteiger partial charge on any atom is -0.494 e. The minimum atomic E-state index is -1.06. The summed E-state index contributed by atoms with van der Waals surface area (Å²) in [7, 11) is 0. The third kappa shape index (κ3) is 6.65. The van der Waals surface area contributed by atoms with Gasteiger partial charge in [-0.05, 0) is 73.5 Å². The maximum absolute atomic E-state index is 14.0. The van der Waals surface area contributed by atoms with Gasteiger partial charge in [0.05, 0.1) is 6.61 Å². The van der Waals surface area contributed by atoms with Gasteiger partial charge in [0, 0.05) is 16.9 Å². The number of rotatable bonds is 9. The van der Waals surface area contributed by atoms with Gasteiger partial charge in [-0.25, -0.2) is 8.78 Å². The number of anilines is 2. The molecule has 188 valence electrons. The monoisotopic (exact) mass is 495 g/mol. The summed E-state index contributed by atoms with van der Waals surface area (Å²) in [6.45, 7) is 5.81. The number of benzene rings is 3. The molecule has 1 unspecified atom stereocenters. The highest BCUT2D eigenvalue weighted by Gasteiger charge is 2.27. The Bertz CT molecular complexity index is 1210. The zero-order valence-electron chi connectivity index (χ0n) is 20.1. The molecular formula is C27H27F2N3O4. The van der Waals surface area contributed by atoms with E-state index in [4.69, 9.17) is 4.74 Å². The van der Waals surface area contributed by atoms with Crippen LogP contribution in [-0.4, -0.2) is 30.4 Å². The first-order valence-electron chi connectivity index (χ1n) is 11.4. The number of hydrogen-bond donors (Lipinski definition) is 3. The number of halogens is 2. The molecule has 0 heterocycles. The zero-order valence-corrected chi connectivity index (χ0v) is 20.1. The van der Waals surface area contributed by atoms with Crippen molar-refractivity contribution < 1.29 is 27.9 Å². The summed E-state index contributed by atoms with van der Waals surface area (Å²) >= 11 is 0. The van der Waals surface area contributed by atoms with E-state index in [1.165, 1.54) is 12.1 Å². The van der Waals surface area contributed by atoms with Gasteiger partial charge in [-0.3, -0.25) is 14.4 Å². The van der Waals surface area contributed by atoms with Crippen LogP contribution >= 0.6 is 0 Å². The van der Waals surface area contributed by atoms with Crippen molar-refractivity contribution in [3.05, 3.63) is 89.5 Å². The van der Waals surface area contributed by atoms with Crippen LogP contribution in [0.15, 0.2) is 66.7 Å². The number of hydrogen-bond acceptors (Lipinski definition) is 4. The standard InChI is InChI=1S/C27H27F2N3O4/c1-4-36-20-14-12-19(13-15-20)30-25(33)17-8-10-18(11-9-17)31-27(35)24(16(2)3)32-26(34)23-21(28)6-5-7-22(23)29/h5-16,24H,4H2,1-3H3,(H,30,33)(H,31,35)(H,32,34). The van der Waals surface area contributed by atoms with Crippen LogP contribution < -0.4 is 20.7 Å². The number of nitrogens with one attached hydrogen (secondary N) is 3. The van der Waals surface area contributed by atoms with Crippen molar-refractivity contribution in [1.82, 2.24) is 5.32 Å². The van der Waals surface area contributed by atoms with Gasteiger partial charge in [0.15, 0.2) is 0 Å². The quantitative estimate of drug-likeness (QED) is 0.389. The Morgan fingerprint density at radius 1 is 0.806 bits per heavy atom. The molecule has 0 spiro atoms. The fraction of sp³-hybridized carbons (Fsp3) is 0.222. The van der Waals surface area contributed by atoms with E-state index in [1.807, 2.05) is 6.92 Å². The van der Waals surface area contributed by atoms with Crippen molar-refractivity contribution in [3.8, 4) is 5.75 Å². The van der Waals surface area contributed by atoms with Gasteiger partial charge in [-0.2, -0.15) is 0 Å². The minimum absolute atomic E-state index is 0.337. The van der Waals surface area contributed by atoms with Gasteiger partial charge in [-0.1, -0.05) is 19.9 Å². The summed E-state index contributed by atoms with van der Waals surface area (Å²) in [5.74, 6) is -3.64. The molecular weight excluding hydrogens is 468 g/mol. The normalized spacial score (nSPS) is 11.5. The first-order valence-corrected chi connectivity index (χ1v) is 11.4. The Morgan fingerprint density at radius 3 is 1.92 bits per heavy atom. The van der Waals surface area contributed by atoms with Crippen LogP contribution in [-0.2, 0) is 4.79 Å². The fourth-order valence-electron chi connectivity index (χ4n) is 3.39. The van der Waals surface area contributed by atoms with E-state index >= 15 is 0 Å². The van der Waals surface area contributed by atoms with E-state index in [0.717, 1.165) is 18.2 Å².